The van der Waals surface area contributed by atoms with E-state index in [0.29, 0.717) is 0 Å². The third-order valence-corrected chi connectivity index (χ3v) is 3.43. The lowest BCUT2D eigenvalue weighted by molar-refractivity contribution is -0.142. The Kier molecular flexibility index (Phi) is 5.52. The molecule has 94 valence electrons. The first-order valence-electron chi connectivity index (χ1n) is 4.83. The first kappa shape index (κ1) is 14.6. The first-order chi connectivity index (χ1) is 7.87. The third-order valence-electron chi connectivity index (χ3n) is 1.88. The molecule has 1 aromatic rings. The van der Waals surface area contributed by atoms with Gasteiger partial charge in [0.25, 0.3) is 0 Å². The summed E-state index contributed by atoms with van der Waals surface area (Å²) in [4.78, 5) is 12.1. The Bertz CT molecular complexity index is 393. The second-order valence-electron chi connectivity index (χ2n) is 3.40. The topological polar surface area (TPSA) is 17.1 Å². The van der Waals surface area contributed by atoms with Crippen LogP contribution >= 0.6 is 27.7 Å². The standard InChI is InChI=1S/C11H10BrF3OS/c12-8-2-1-3-10(6-8)17-7-9(16)4-5-11(13,14)15/h1-3,6H,4-5,7H2. The third kappa shape index (κ3) is 6.73. The molecular weight excluding hydrogens is 317 g/mol. The van der Waals surface area contributed by atoms with Crippen molar-refractivity contribution in [3.63, 3.8) is 0 Å². The van der Waals surface area contributed by atoms with Crippen LogP contribution in [-0.4, -0.2) is 17.7 Å². The molecule has 0 amide bonds. The number of hydrogen-bond acceptors (Lipinski definition) is 2. The van der Waals surface area contributed by atoms with Crippen LogP contribution in [-0.2, 0) is 4.79 Å². The average molecular weight is 327 g/mol. The number of rotatable bonds is 5. The predicted octanol–water partition coefficient (Wildman–Crippen LogP) is 4.45. The van der Waals surface area contributed by atoms with Crippen LogP contribution in [0.1, 0.15) is 12.8 Å². The molecule has 0 aliphatic rings. The number of Topliss-reactive ketones (excluding diaryl/α,β-unsaturated/α-hetero) is 1. The summed E-state index contributed by atoms with van der Waals surface area (Å²) in [6.45, 7) is 0. The van der Waals surface area contributed by atoms with Crippen LogP contribution in [0, 0.1) is 0 Å². The predicted molar refractivity (Wildman–Crippen MR) is 65.2 cm³/mol. The fraction of sp³-hybridized carbons (Fsp3) is 0.364. The SMILES string of the molecule is O=C(CCC(F)(F)F)CSc1cccc(Br)c1. The molecule has 1 aromatic carbocycles. The van der Waals surface area contributed by atoms with Gasteiger partial charge in [-0.25, -0.2) is 0 Å². The van der Waals surface area contributed by atoms with E-state index in [-0.39, 0.29) is 11.5 Å². The lowest BCUT2D eigenvalue weighted by atomic mass is 10.2. The Hall–Kier alpha value is -0.490. The van der Waals surface area contributed by atoms with Crippen LogP contribution in [0.2, 0.25) is 0 Å². The second kappa shape index (κ2) is 6.44. The number of ketones is 1. The van der Waals surface area contributed by atoms with E-state index >= 15 is 0 Å². The average Bonchev–Trinajstić information content (AvgIpc) is 2.23. The molecule has 1 rings (SSSR count). The van der Waals surface area contributed by atoms with Gasteiger partial charge in [0.15, 0.2) is 0 Å². The number of carbonyl (C=O) groups is 1. The van der Waals surface area contributed by atoms with Crippen LogP contribution in [0.3, 0.4) is 0 Å². The lowest BCUT2D eigenvalue weighted by Gasteiger charge is -2.05. The maximum atomic E-state index is 11.9. The molecule has 0 atom stereocenters. The molecule has 0 aromatic heterocycles. The largest absolute Gasteiger partial charge is 0.389 e. The molecule has 0 aliphatic heterocycles. The Labute approximate surface area is 110 Å². The van der Waals surface area contributed by atoms with Crippen molar-refractivity contribution in [2.24, 2.45) is 0 Å². The van der Waals surface area contributed by atoms with Crippen molar-refractivity contribution in [1.82, 2.24) is 0 Å². The molecule has 0 saturated heterocycles. The van der Waals surface area contributed by atoms with Gasteiger partial charge in [0, 0.05) is 15.8 Å². The molecule has 0 saturated carbocycles. The van der Waals surface area contributed by atoms with Crippen molar-refractivity contribution in [3.8, 4) is 0 Å². The van der Waals surface area contributed by atoms with E-state index in [4.69, 9.17) is 0 Å². The van der Waals surface area contributed by atoms with Crippen molar-refractivity contribution in [1.29, 1.82) is 0 Å². The van der Waals surface area contributed by atoms with Gasteiger partial charge in [-0.05, 0) is 18.2 Å². The summed E-state index contributed by atoms with van der Waals surface area (Å²) in [6.07, 6.45) is -5.73. The zero-order chi connectivity index (χ0) is 12.9. The van der Waals surface area contributed by atoms with Crippen molar-refractivity contribution in [3.05, 3.63) is 28.7 Å². The van der Waals surface area contributed by atoms with Crippen LogP contribution in [0.25, 0.3) is 0 Å². The second-order valence-corrected chi connectivity index (χ2v) is 5.36. The van der Waals surface area contributed by atoms with Gasteiger partial charge in [0.05, 0.1) is 12.2 Å². The number of hydrogen-bond donors (Lipinski definition) is 0. The van der Waals surface area contributed by atoms with Crippen molar-refractivity contribution < 1.29 is 18.0 Å². The number of alkyl halides is 3. The highest BCUT2D eigenvalue weighted by Crippen LogP contribution is 2.24. The lowest BCUT2D eigenvalue weighted by Crippen LogP contribution is -2.11. The first-order valence-corrected chi connectivity index (χ1v) is 6.61. The van der Waals surface area contributed by atoms with E-state index < -0.39 is 19.0 Å². The van der Waals surface area contributed by atoms with Crippen molar-refractivity contribution in [2.45, 2.75) is 23.9 Å². The van der Waals surface area contributed by atoms with Gasteiger partial charge in [-0.1, -0.05) is 22.0 Å². The van der Waals surface area contributed by atoms with Gasteiger partial charge in [-0.15, -0.1) is 11.8 Å². The highest BCUT2D eigenvalue weighted by atomic mass is 79.9. The van der Waals surface area contributed by atoms with Gasteiger partial charge < -0.3 is 0 Å². The number of benzene rings is 1. The number of thioether (sulfide) groups is 1. The van der Waals surface area contributed by atoms with E-state index in [1.807, 2.05) is 24.3 Å². The maximum Gasteiger partial charge on any atom is 0.389 e. The summed E-state index contributed by atoms with van der Waals surface area (Å²) in [5.74, 6) is -0.306. The summed E-state index contributed by atoms with van der Waals surface area (Å²) >= 11 is 4.53. The summed E-state index contributed by atoms with van der Waals surface area (Å²) in [7, 11) is 0. The van der Waals surface area contributed by atoms with Crippen LogP contribution < -0.4 is 0 Å². The number of carbonyl (C=O) groups excluding carboxylic acids is 1. The molecule has 17 heavy (non-hydrogen) atoms. The fourth-order valence-electron chi connectivity index (χ4n) is 1.07. The molecule has 6 heteroatoms. The molecule has 0 spiro atoms. The van der Waals surface area contributed by atoms with Gasteiger partial charge >= 0.3 is 6.18 Å². The summed E-state index contributed by atoms with van der Waals surface area (Å²) in [5, 5.41) is 0. The molecule has 0 N–H and O–H groups in total. The van der Waals surface area contributed by atoms with Gasteiger partial charge in [0.2, 0.25) is 0 Å². The normalized spacial score (nSPS) is 11.5. The Balaban J connectivity index is 2.33. The zero-order valence-electron chi connectivity index (χ0n) is 8.76. The van der Waals surface area contributed by atoms with Crippen molar-refractivity contribution >= 4 is 33.5 Å². The summed E-state index contributed by atoms with van der Waals surface area (Å²) in [6, 6.07) is 7.29. The molecule has 1 nitrogen and oxygen atoms in total. The minimum absolute atomic E-state index is 0.0759. The molecule has 0 bridgehead atoms. The molecule has 0 aliphatic carbocycles. The minimum atomic E-state index is -4.25. The van der Waals surface area contributed by atoms with E-state index in [1.165, 1.54) is 11.8 Å². The van der Waals surface area contributed by atoms with Crippen LogP contribution in [0.5, 0.6) is 0 Å². The molecule has 0 fully saturated rings. The number of halogens is 4. The van der Waals surface area contributed by atoms with E-state index in [9.17, 15) is 18.0 Å². The fourth-order valence-corrected chi connectivity index (χ4v) is 2.48. The quantitative estimate of drug-likeness (QED) is 0.743. The Morgan fingerprint density at radius 1 is 1.35 bits per heavy atom. The summed E-state index contributed by atoms with van der Waals surface area (Å²) in [5.41, 5.74) is 0. The zero-order valence-corrected chi connectivity index (χ0v) is 11.2. The summed E-state index contributed by atoms with van der Waals surface area (Å²) < 4.78 is 36.5. The smallest absolute Gasteiger partial charge is 0.299 e. The Morgan fingerprint density at radius 3 is 2.65 bits per heavy atom. The van der Waals surface area contributed by atoms with Crippen LogP contribution in [0.15, 0.2) is 33.6 Å². The van der Waals surface area contributed by atoms with E-state index in [1.54, 1.807) is 0 Å². The van der Waals surface area contributed by atoms with E-state index in [2.05, 4.69) is 15.9 Å². The Morgan fingerprint density at radius 2 is 2.06 bits per heavy atom. The monoisotopic (exact) mass is 326 g/mol. The molecule has 0 heterocycles. The van der Waals surface area contributed by atoms with E-state index in [0.717, 1.165) is 9.37 Å². The minimum Gasteiger partial charge on any atom is -0.299 e. The van der Waals surface area contributed by atoms with Gasteiger partial charge in [-0.3, -0.25) is 4.79 Å². The molecular formula is C11H10BrF3OS. The maximum absolute atomic E-state index is 11.9. The highest BCUT2D eigenvalue weighted by molar-refractivity contribution is 9.10. The highest BCUT2D eigenvalue weighted by Gasteiger charge is 2.27. The van der Waals surface area contributed by atoms with Crippen LogP contribution in [0.4, 0.5) is 13.2 Å². The molecule has 0 unspecified atom stereocenters. The van der Waals surface area contributed by atoms with Gasteiger partial charge in [-0.2, -0.15) is 13.2 Å². The molecule has 0 radical (unpaired) electrons. The van der Waals surface area contributed by atoms with Gasteiger partial charge in [0.1, 0.15) is 5.78 Å². The van der Waals surface area contributed by atoms with Crippen molar-refractivity contribution in [2.75, 3.05) is 5.75 Å².